The van der Waals surface area contributed by atoms with Gasteiger partial charge >= 0.3 is 0 Å². The highest BCUT2D eigenvalue weighted by Crippen LogP contribution is 2.26. The van der Waals surface area contributed by atoms with Crippen LogP contribution in [0.1, 0.15) is 24.3 Å². The predicted octanol–water partition coefficient (Wildman–Crippen LogP) is 3.56. The number of nitrogens with one attached hydrogen (secondary N) is 1. The molecule has 0 amide bonds. The van der Waals surface area contributed by atoms with Gasteiger partial charge in [-0.1, -0.05) is 23.7 Å². The first-order valence-corrected chi connectivity index (χ1v) is 6.55. The topological polar surface area (TPSA) is 38.1 Å². The lowest BCUT2D eigenvalue weighted by molar-refractivity contribution is 0.476. The molecule has 0 spiro atoms. The maximum atomic E-state index is 6.11. The lowest BCUT2D eigenvalue weighted by Crippen LogP contribution is -2.15. The highest BCUT2D eigenvalue weighted by atomic mass is 35.5. The van der Waals surface area contributed by atoms with Crippen LogP contribution >= 0.6 is 11.6 Å². The number of aryl methyl sites for hydroxylation is 1. The molecular formula is C14H15ClN2O. The highest BCUT2D eigenvalue weighted by molar-refractivity contribution is 6.31. The van der Waals surface area contributed by atoms with Crippen LogP contribution < -0.4 is 5.32 Å². The van der Waals surface area contributed by atoms with Gasteiger partial charge in [-0.05, 0) is 31.4 Å². The summed E-state index contributed by atoms with van der Waals surface area (Å²) in [6.45, 7) is 2.68. The van der Waals surface area contributed by atoms with Gasteiger partial charge in [0.25, 0.3) is 0 Å². The van der Waals surface area contributed by atoms with E-state index in [9.17, 15) is 0 Å². The summed E-state index contributed by atoms with van der Waals surface area (Å²) in [7, 11) is 0. The lowest BCUT2D eigenvalue weighted by Gasteiger charge is -2.01. The number of aromatic nitrogens is 1. The van der Waals surface area contributed by atoms with E-state index in [1.807, 2.05) is 25.1 Å². The fraction of sp³-hybridized carbons (Fsp3) is 0.357. The van der Waals surface area contributed by atoms with Crippen LogP contribution in [0.3, 0.4) is 0 Å². The van der Waals surface area contributed by atoms with Gasteiger partial charge in [0.1, 0.15) is 0 Å². The molecule has 3 rings (SSSR count). The molecule has 1 aromatic heterocycles. The van der Waals surface area contributed by atoms with Crippen molar-refractivity contribution in [3.63, 3.8) is 0 Å². The molecule has 3 nitrogen and oxygen atoms in total. The number of nitrogens with zero attached hydrogens (tertiary/aromatic N) is 1. The Balaban J connectivity index is 1.76. The minimum absolute atomic E-state index is 0.661. The van der Waals surface area contributed by atoms with Gasteiger partial charge in [-0.2, -0.15) is 0 Å². The van der Waals surface area contributed by atoms with Crippen LogP contribution in [0.4, 0.5) is 0 Å². The summed E-state index contributed by atoms with van der Waals surface area (Å²) >= 11 is 6.11. The number of halogens is 1. The summed E-state index contributed by atoms with van der Waals surface area (Å²) in [5, 5.41) is 4.13. The van der Waals surface area contributed by atoms with Gasteiger partial charge in [0.05, 0.1) is 12.7 Å². The molecule has 1 saturated carbocycles. The van der Waals surface area contributed by atoms with Crippen molar-refractivity contribution in [2.75, 3.05) is 0 Å². The third kappa shape index (κ3) is 2.57. The standard InChI is InChI=1S/C14H15ClN2O/c1-9-2-3-10(6-12(9)15)13-7-17-14(18-13)8-16-11-4-5-11/h2-3,6-7,11,16H,4-5,8H2,1H3. The second-order valence-corrected chi connectivity index (χ2v) is 5.14. The molecule has 4 heteroatoms. The van der Waals surface area contributed by atoms with Crippen LogP contribution in [0, 0.1) is 6.92 Å². The molecular weight excluding hydrogens is 248 g/mol. The first kappa shape index (κ1) is 11.8. The van der Waals surface area contributed by atoms with Crippen molar-refractivity contribution in [2.45, 2.75) is 32.4 Å². The van der Waals surface area contributed by atoms with E-state index in [0.29, 0.717) is 12.6 Å². The summed E-state index contributed by atoms with van der Waals surface area (Å²) in [5.74, 6) is 1.50. The average molecular weight is 263 g/mol. The zero-order valence-corrected chi connectivity index (χ0v) is 11.0. The van der Waals surface area contributed by atoms with Crippen LogP contribution in [0.2, 0.25) is 5.02 Å². The van der Waals surface area contributed by atoms with E-state index in [2.05, 4.69) is 10.3 Å². The number of oxazole rings is 1. The molecule has 1 aliphatic carbocycles. The van der Waals surface area contributed by atoms with E-state index in [4.69, 9.17) is 16.0 Å². The Morgan fingerprint density at radius 2 is 2.28 bits per heavy atom. The zero-order valence-electron chi connectivity index (χ0n) is 10.2. The SMILES string of the molecule is Cc1ccc(-c2cnc(CNC3CC3)o2)cc1Cl. The Bertz CT molecular complexity index is 561. The normalized spacial score (nSPS) is 15.0. The molecule has 1 fully saturated rings. The Morgan fingerprint density at radius 3 is 3.00 bits per heavy atom. The molecule has 1 heterocycles. The second kappa shape index (κ2) is 4.75. The first-order valence-electron chi connectivity index (χ1n) is 6.17. The van der Waals surface area contributed by atoms with Crippen molar-refractivity contribution in [3.8, 4) is 11.3 Å². The van der Waals surface area contributed by atoms with Crippen molar-refractivity contribution in [2.24, 2.45) is 0 Å². The Labute approximate surface area is 111 Å². The zero-order chi connectivity index (χ0) is 12.5. The maximum Gasteiger partial charge on any atom is 0.208 e. The molecule has 0 bridgehead atoms. The minimum atomic E-state index is 0.661. The fourth-order valence-corrected chi connectivity index (χ4v) is 1.97. The summed E-state index contributed by atoms with van der Waals surface area (Å²) in [4.78, 5) is 4.27. The number of benzene rings is 1. The Hall–Kier alpha value is -1.32. The van der Waals surface area contributed by atoms with Gasteiger partial charge in [-0.15, -0.1) is 0 Å². The van der Waals surface area contributed by atoms with Gasteiger partial charge in [-0.3, -0.25) is 0 Å². The first-order chi connectivity index (χ1) is 8.72. The molecule has 1 aliphatic rings. The third-order valence-electron chi connectivity index (χ3n) is 3.13. The monoisotopic (exact) mass is 262 g/mol. The van der Waals surface area contributed by atoms with Gasteiger partial charge in [0, 0.05) is 16.6 Å². The van der Waals surface area contributed by atoms with E-state index < -0.39 is 0 Å². The van der Waals surface area contributed by atoms with E-state index >= 15 is 0 Å². The second-order valence-electron chi connectivity index (χ2n) is 4.74. The van der Waals surface area contributed by atoms with Crippen LogP contribution in [0.5, 0.6) is 0 Å². The molecule has 0 aliphatic heterocycles. The molecule has 0 unspecified atom stereocenters. The van der Waals surface area contributed by atoms with Crippen LogP contribution in [0.15, 0.2) is 28.8 Å². The van der Waals surface area contributed by atoms with Gasteiger partial charge in [0.15, 0.2) is 5.76 Å². The summed E-state index contributed by atoms with van der Waals surface area (Å²) in [5.41, 5.74) is 2.03. The van der Waals surface area contributed by atoms with Gasteiger partial charge < -0.3 is 9.73 Å². The summed E-state index contributed by atoms with van der Waals surface area (Å²) < 4.78 is 5.71. The molecule has 1 aromatic carbocycles. The largest absolute Gasteiger partial charge is 0.439 e. The maximum absolute atomic E-state index is 6.11. The minimum Gasteiger partial charge on any atom is -0.439 e. The quantitative estimate of drug-likeness (QED) is 0.916. The van der Waals surface area contributed by atoms with Crippen LogP contribution in [0.25, 0.3) is 11.3 Å². The van der Waals surface area contributed by atoms with E-state index in [0.717, 1.165) is 27.8 Å². The highest BCUT2D eigenvalue weighted by Gasteiger charge is 2.21. The third-order valence-corrected chi connectivity index (χ3v) is 3.54. The van der Waals surface area contributed by atoms with E-state index in [1.165, 1.54) is 12.8 Å². The molecule has 18 heavy (non-hydrogen) atoms. The molecule has 0 radical (unpaired) electrons. The van der Waals surface area contributed by atoms with Crippen LogP contribution in [-0.2, 0) is 6.54 Å². The number of rotatable bonds is 4. The molecule has 94 valence electrons. The molecule has 0 saturated heterocycles. The van der Waals surface area contributed by atoms with Crippen LogP contribution in [-0.4, -0.2) is 11.0 Å². The predicted molar refractivity (Wildman–Crippen MR) is 71.5 cm³/mol. The number of hydrogen-bond donors (Lipinski definition) is 1. The van der Waals surface area contributed by atoms with E-state index in [1.54, 1.807) is 6.20 Å². The summed E-state index contributed by atoms with van der Waals surface area (Å²) in [6.07, 6.45) is 4.28. The van der Waals surface area contributed by atoms with Crippen molar-refractivity contribution in [1.82, 2.24) is 10.3 Å². The lowest BCUT2D eigenvalue weighted by atomic mass is 10.1. The van der Waals surface area contributed by atoms with Crippen molar-refractivity contribution in [3.05, 3.63) is 40.9 Å². The van der Waals surface area contributed by atoms with Gasteiger partial charge in [-0.25, -0.2) is 4.98 Å². The molecule has 1 N–H and O–H groups in total. The smallest absolute Gasteiger partial charge is 0.208 e. The van der Waals surface area contributed by atoms with Gasteiger partial charge in [0.2, 0.25) is 5.89 Å². The molecule has 2 aromatic rings. The Morgan fingerprint density at radius 1 is 1.44 bits per heavy atom. The fourth-order valence-electron chi connectivity index (χ4n) is 1.79. The van der Waals surface area contributed by atoms with Crippen molar-refractivity contribution >= 4 is 11.6 Å². The molecule has 0 atom stereocenters. The average Bonchev–Trinajstić information content (AvgIpc) is 3.08. The summed E-state index contributed by atoms with van der Waals surface area (Å²) in [6, 6.07) is 6.56. The van der Waals surface area contributed by atoms with E-state index in [-0.39, 0.29) is 0 Å². The van der Waals surface area contributed by atoms with Crippen molar-refractivity contribution in [1.29, 1.82) is 0 Å². The van der Waals surface area contributed by atoms with Crippen molar-refractivity contribution < 1.29 is 4.42 Å². The number of hydrogen-bond acceptors (Lipinski definition) is 3. The Kier molecular flexibility index (Phi) is 3.10.